The van der Waals surface area contributed by atoms with E-state index in [9.17, 15) is 0 Å². The fourth-order valence-electron chi connectivity index (χ4n) is 0.197. The second-order valence-corrected chi connectivity index (χ2v) is 1.29. The molecule has 2 heteroatoms. The van der Waals surface area contributed by atoms with Gasteiger partial charge in [-0.25, -0.2) is 0 Å². The van der Waals surface area contributed by atoms with Gasteiger partial charge in [0.25, 0.3) is 0 Å². The van der Waals surface area contributed by atoms with Gasteiger partial charge in [0, 0.05) is 6.21 Å². The first-order chi connectivity index (χ1) is 3.31. The fourth-order valence-corrected chi connectivity index (χ4v) is 0.197. The highest BCUT2D eigenvalue weighted by Gasteiger charge is 1.77. The molecule has 0 aromatic rings. The van der Waals surface area contributed by atoms with E-state index in [0.29, 0.717) is 0 Å². The molecule has 0 aromatic heterocycles. The van der Waals surface area contributed by atoms with E-state index < -0.39 is 0 Å². The zero-order valence-electron chi connectivity index (χ0n) is 4.52. The summed E-state index contributed by atoms with van der Waals surface area (Å²) in [5.74, 6) is 4.81. The van der Waals surface area contributed by atoms with Gasteiger partial charge in [0.2, 0.25) is 0 Å². The van der Waals surface area contributed by atoms with Crippen LogP contribution in [-0.2, 0) is 0 Å². The van der Waals surface area contributed by atoms with E-state index in [-0.39, 0.29) is 0 Å². The molecule has 2 nitrogen and oxygen atoms in total. The Hall–Kier alpha value is -0.790. The number of hydrazone groups is 1. The van der Waals surface area contributed by atoms with Crippen LogP contribution in [0.2, 0.25) is 0 Å². The minimum absolute atomic E-state index is 0.917. The molecule has 40 valence electrons. The molecule has 7 heavy (non-hydrogen) atoms. The van der Waals surface area contributed by atoms with Crippen LogP contribution in [0.15, 0.2) is 17.3 Å². The summed E-state index contributed by atoms with van der Waals surface area (Å²) >= 11 is 0. The Morgan fingerprint density at radius 1 is 2.00 bits per heavy atom. The van der Waals surface area contributed by atoms with Gasteiger partial charge < -0.3 is 5.84 Å². The molecule has 2 N–H and O–H groups in total. The minimum Gasteiger partial charge on any atom is -0.323 e. The fraction of sp³-hybridized carbons (Fsp3) is 0.400. The van der Waals surface area contributed by atoms with Gasteiger partial charge in [-0.1, -0.05) is 13.5 Å². The standard InChI is InChI=1S/C5H10N2/c1-3-5(2)4-7-6/h4H,2-3,6H2,1H3. The summed E-state index contributed by atoms with van der Waals surface area (Å²) in [7, 11) is 0. The first-order valence-corrected chi connectivity index (χ1v) is 2.22. The Balaban J connectivity index is 3.37. The Morgan fingerprint density at radius 3 is 2.71 bits per heavy atom. The Morgan fingerprint density at radius 2 is 2.57 bits per heavy atom. The van der Waals surface area contributed by atoms with Crippen LogP contribution in [-0.4, -0.2) is 6.21 Å². The monoisotopic (exact) mass is 98.1 g/mol. The van der Waals surface area contributed by atoms with Crippen molar-refractivity contribution >= 4 is 6.21 Å². The van der Waals surface area contributed by atoms with Gasteiger partial charge in [-0.2, -0.15) is 5.10 Å². The Kier molecular flexibility index (Phi) is 3.02. The van der Waals surface area contributed by atoms with E-state index >= 15 is 0 Å². The first kappa shape index (κ1) is 6.21. The maximum Gasteiger partial charge on any atom is 0.0491 e. The number of nitrogens with zero attached hydrogens (tertiary/aromatic N) is 1. The summed E-state index contributed by atoms with van der Waals surface area (Å²) in [6.45, 7) is 5.64. The third-order valence-corrected chi connectivity index (χ3v) is 0.711. The highest BCUT2D eigenvalue weighted by atomic mass is 15.1. The van der Waals surface area contributed by atoms with Crippen molar-refractivity contribution < 1.29 is 0 Å². The summed E-state index contributed by atoms with van der Waals surface area (Å²) in [5.41, 5.74) is 0.961. The van der Waals surface area contributed by atoms with E-state index in [1.165, 1.54) is 0 Å². The molecule has 0 saturated heterocycles. The molecule has 0 rings (SSSR count). The van der Waals surface area contributed by atoms with Crippen LogP contribution in [0.4, 0.5) is 0 Å². The van der Waals surface area contributed by atoms with Crippen LogP contribution < -0.4 is 5.84 Å². The lowest BCUT2D eigenvalue weighted by Crippen LogP contribution is -1.84. The molecular weight excluding hydrogens is 88.1 g/mol. The van der Waals surface area contributed by atoms with Gasteiger partial charge in [-0.3, -0.25) is 0 Å². The number of hydrogen-bond donors (Lipinski definition) is 1. The average molecular weight is 98.1 g/mol. The maximum absolute atomic E-state index is 4.81. The molecule has 0 atom stereocenters. The molecule has 0 aliphatic rings. The summed E-state index contributed by atoms with van der Waals surface area (Å²) in [5, 5.41) is 3.28. The third kappa shape index (κ3) is 3.03. The SMILES string of the molecule is C=C(C=NN)CC. The molecule has 0 aliphatic heterocycles. The van der Waals surface area contributed by atoms with Gasteiger partial charge in [0.15, 0.2) is 0 Å². The van der Waals surface area contributed by atoms with Gasteiger partial charge in [0.1, 0.15) is 0 Å². The molecule has 0 unspecified atom stereocenters. The molecule has 0 radical (unpaired) electrons. The smallest absolute Gasteiger partial charge is 0.0491 e. The molecule has 0 aromatic carbocycles. The molecule has 0 fully saturated rings. The van der Waals surface area contributed by atoms with Crippen molar-refractivity contribution in [3.8, 4) is 0 Å². The second-order valence-electron chi connectivity index (χ2n) is 1.29. The third-order valence-electron chi connectivity index (χ3n) is 0.711. The van der Waals surface area contributed by atoms with Crippen molar-refractivity contribution in [3.05, 3.63) is 12.2 Å². The van der Waals surface area contributed by atoms with Crippen LogP contribution in [0.5, 0.6) is 0 Å². The minimum atomic E-state index is 0.917. The zero-order valence-corrected chi connectivity index (χ0v) is 4.52. The average Bonchev–Trinajstić information content (AvgIpc) is 1.68. The van der Waals surface area contributed by atoms with Crippen molar-refractivity contribution in [2.75, 3.05) is 0 Å². The molecule has 0 heterocycles. The highest BCUT2D eigenvalue weighted by molar-refractivity contribution is 5.76. The predicted octanol–water partition coefficient (Wildman–Crippen LogP) is 0.897. The summed E-state index contributed by atoms with van der Waals surface area (Å²) in [6, 6.07) is 0. The Labute approximate surface area is 43.7 Å². The first-order valence-electron chi connectivity index (χ1n) is 2.22. The normalized spacial score (nSPS) is 9.86. The van der Waals surface area contributed by atoms with E-state index in [1.807, 2.05) is 6.92 Å². The molecule has 0 saturated carbocycles. The maximum atomic E-state index is 4.81. The largest absolute Gasteiger partial charge is 0.323 e. The van der Waals surface area contributed by atoms with Gasteiger partial charge in [-0.15, -0.1) is 0 Å². The quantitative estimate of drug-likeness (QED) is 0.311. The van der Waals surface area contributed by atoms with Crippen molar-refractivity contribution in [1.82, 2.24) is 0 Å². The molecule has 0 aliphatic carbocycles. The van der Waals surface area contributed by atoms with Crippen molar-refractivity contribution in [2.45, 2.75) is 13.3 Å². The lowest BCUT2D eigenvalue weighted by molar-refractivity contribution is 1.17. The molecule has 0 amide bonds. The van der Waals surface area contributed by atoms with Crippen molar-refractivity contribution in [1.29, 1.82) is 0 Å². The van der Waals surface area contributed by atoms with Crippen LogP contribution in [0.1, 0.15) is 13.3 Å². The van der Waals surface area contributed by atoms with Crippen molar-refractivity contribution in [3.63, 3.8) is 0 Å². The van der Waals surface area contributed by atoms with Crippen molar-refractivity contribution in [2.24, 2.45) is 10.9 Å². The predicted molar refractivity (Wildman–Crippen MR) is 32.1 cm³/mol. The van der Waals surface area contributed by atoms with Crippen LogP contribution in [0.3, 0.4) is 0 Å². The van der Waals surface area contributed by atoms with Crippen LogP contribution in [0.25, 0.3) is 0 Å². The molecule has 0 spiro atoms. The van der Waals surface area contributed by atoms with E-state index in [0.717, 1.165) is 12.0 Å². The number of allylic oxidation sites excluding steroid dienone is 1. The summed E-state index contributed by atoms with van der Waals surface area (Å²) < 4.78 is 0. The van der Waals surface area contributed by atoms with Crippen LogP contribution in [0, 0.1) is 0 Å². The number of rotatable bonds is 2. The molecular formula is C5H10N2. The second kappa shape index (κ2) is 3.40. The Bertz CT molecular complexity index is 84.1. The van der Waals surface area contributed by atoms with Gasteiger partial charge in [-0.05, 0) is 12.0 Å². The highest BCUT2D eigenvalue weighted by Crippen LogP contribution is 1.88. The number of nitrogens with two attached hydrogens (primary N) is 1. The van der Waals surface area contributed by atoms with Crippen LogP contribution >= 0.6 is 0 Å². The topological polar surface area (TPSA) is 38.4 Å². The van der Waals surface area contributed by atoms with E-state index in [2.05, 4.69) is 11.7 Å². The van der Waals surface area contributed by atoms with E-state index in [4.69, 9.17) is 5.84 Å². The van der Waals surface area contributed by atoms with E-state index in [1.54, 1.807) is 6.21 Å². The lowest BCUT2D eigenvalue weighted by Gasteiger charge is -1.84. The zero-order chi connectivity index (χ0) is 5.70. The summed E-state index contributed by atoms with van der Waals surface area (Å²) in [6.07, 6.45) is 2.47. The van der Waals surface area contributed by atoms with Gasteiger partial charge >= 0.3 is 0 Å². The van der Waals surface area contributed by atoms with Gasteiger partial charge in [0.05, 0.1) is 0 Å². The molecule has 0 bridgehead atoms. The lowest BCUT2D eigenvalue weighted by atomic mass is 10.3. The number of hydrogen-bond acceptors (Lipinski definition) is 2. The summed E-state index contributed by atoms with van der Waals surface area (Å²) in [4.78, 5) is 0.